The van der Waals surface area contributed by atoms with Crippen LogP contribution in [-0.4, -0.2) is 41.9 Å². The first-order valence-electron chi connectivity index (χ1n) is 5.47. The van der Waals surface area contributed by atoms with E-state index in [1.807, 2.05) is 12.1 Å². The second kappa shape index (κ2) is 4.11. The van der Waals surface area contributed by atoms with E-state index in [1.54, 1.807) is 12.3 Å². The molecule has 0 saturated carbocycles. The van der Waals surface area contributed by atoms with Gasteiger partial charge >= 0.3 is 0 Å². The maximum absolute atomic E-state index is 11.9. The van der Waals surface area contributed by atoms with Crippen molar-refractivity contribution in [2.24, 2.45) is 0 Å². The zero-order chi connectivity index (χ0) is 10.7. The second-order valence-electron chi connectivity index (χ2n) is 4.57. The van der Waals surface area contributed by atoms with Gasteiger partial charge in [-0.15, -0.1) is 0 Å². The molecule has 0 radical (unpaired) electrons. The number of ketones is 1. The van der Waals surface area contributed by atoms with Gasteiger partial charge in [-0.3, -0.25) is 9.78 Å². The number of rotatable bonds is 3. The summed E-state index contributed by atoms with van der Waals surface area (Å²) in [6.07, 6.45) is 4.16. The van der Waals surface area contributed by atoms with E-state index in [2.05, 4.69) is 12.0 Å². The monoisotopic (exact) mass is 205 g/mol. The smallest absolute Gasteiger partial charge is 0.235 e. The van der Waals surface area contributed by atoms with Crippen molar-refractivity contribution in [1.82, 2.24) is 4.98 Å². The van der Waals surface area contributed by atoms with Gasteiger partial charge in [0.05, 0.1) is 20.1 Å². The molecule has 1 saturated heterocycles. The van der Waals surface area contributed by atoms with Crippen LogP contribution in [-0.2, 0) is 0 Å². The molecule has 3 heteroatoms. The highest BCUT2D eigenvalue weighted by molar-refractivity contribution is 5.95. The Kier molecular flexibility index (Phi) is 2.82. The fourth-order valence-corrected chi connectivity index (χ4v) is 2.21. The van der Waals surface area contributed by atoms with Gasteiger partial charge in [0.1, 0.15) is 12.2 Å². The molecule has 0 bridgehead atoms. The number of aromatic nitrogens is 1. The van der Waals surface area contributed by atoms with Gasteiger partial charge in [-0.25, -0.2) is 0 Å². The van der Waals surface area contributed by atoms with E-state index in [1.165, 1.54) is 12.8 Å². The lowest BCUT2D eigenvalue weighted by Gasteiger charge is -2.27. The summed E-state index contributed by atoms with van der Waals surface area (Å²) in [6, 6.07) is 5.50. The van der Waals surface area contributed by atoms with Gasteiger partial charge in [-0.05, 0) is 12.1 Å². The van der Waals surface area contributed by atoms with Crippen LogP contribution in [0.4, 0.5) is 0 Å². The van der Waals surface area contributed by atoms with Crippen molar-refractivity contribution in [3.63, 3.8) is 0 Å². The molecular weight excluding hydrogens is 188 g/mol. The summed E-state index contributed by atoms with van der Waals surface area (Å²) >= 11 is 0. The van der Waals surface area contributed by atoms with Gasteiger partial charge in [0.2, 0.25) is 5.78 Å². The summed E-state index contributed by atoms with van der Waals surface area (Å²) in [5.74, 6) is 0.167. The Hall–Kier alpha value is -1.22. The summed E-state index contributed by atoms with van der Waals surface area (Å²) in [6.45, 7) is 2.84. The first kappa shape index (κ1) is 10.3. The second-order valence-corrected chi connectivity index (χ2v) is 4.57. The van der Waals surface area contributed by atoms with Crippen molar-refractivity contribution < 1.29 is 9.28 Å². The van der Waals surface area contributed by atoms with E-state index in [9.17, 15) is 4.79 Å². The molecule has 3 nitrogen and oxygen atoms in total. The molecule has 15 heavy (non-hydrogen) atoms. The number of pyridine rings is 1. The number of nitrogens with zero attached hydrogens (tertiary/aromatic N) is 2. The first-order chi connectivity index (χ1) is 7.20. The molecule has 0 amide bonds. The zero-order valence-electron chi connectivity index (χ0n) is 9.15. The molecule has 0 unspecified atom stereocenters. The van der Waals surface area contributed by atoms with Gasteiger partial charge in [0.15, 0.2) is 0 Å². The third-order valence-corrected chi connectivity index (χ3v) is 3.12. The molecule has 1 aromatic heterocycles. The normalized spacial score (nSPS) is 19.0. The van der Waals surface area contributed by atoms with Crippen LogP contribution in [0.5, 0.6) is 0 Å². The Morgan fingerprint density at radius 3 is 2.73 bits per heavy atom. The average molecular weight is 205 g/mol. The summed E-state index contributed by atoms with van der Waals surface area (Å²) in [7, 11) is 2.16. The van der Waals surface area contributed by atoms with Crippen LogP contribution >= 0.6 is 0 Å². The fourth-order valence-electron chi connectivity index (χ4n) is 2.21. The molecule has 0 atom stereocenters. The average Bonchev–Trinajstić information content (AvgIpc) is 2.66. The molecule has 1 aromatic rings. The number of carbonyl (C=O) groups excluding carboxylic acids is 1. The molecule has 2 rings (SSSR count). The molecule has 1 aliphatic heterocycles. The quantitative estimate of drug-likeness (QED) is 0.553. The van der Waals surface area contributed by atoms with Crippen LogP contribution < -0.4 is 0 Å². The van der Waals surface area contributed by atoms with Crippen molar-refractivity contribution in [2.75, 3.05) is 26.7 Å². The largest absolute Gasteiger partial charge is 0.319 e. The maximum atomic E-state index is 11.9. The van der Waals surface area contributed by atoms with Gasteiger partial charge in [-0.2, -0.15) is 0 Å². The molecular formula is C12H17N2O+. The Morgan fingerprint density at radius 1 is 1.40 bits per heavy atom. The highest BCUT2D eigenvalue weighted by atomic mass is 16.1. The lowest BCUT2D eigenvalue weighted by atomic mass is 10.2. The van der Waals surface area contributed by atoms with Crippen LogP contribution in [0.25, 0.3) is 0 Å². The van der Waals surface area contributed by atoms with Crippen LogP contribution in [0, 0.1) is 0 Å². The van der Waals surface area contributed by atoms with Gasteiger partial charge in [-0.1, -0.05) is 6.07 Å². The summed E-state index contributed by atoms with van der Waals surface area (Å²) in [5, 5.41) is 0. The summed E-state index contributed by atoms with van der Waals surface area (Å²) in [4.78, 5) is 16.0. The van der Waals surface area contributed by atoms with E-state index in [0.717, 1.165) is 17.6 Å². The van der Waals surface area contributed by atoms with Crippen LogP contribution in [0.15, 0.2) is 24.4 Å². The van der Waals surface area contributed by atoms with Crippen molar-refractivity contribution in [3.05, 3.63) is 30.1 Å². The number of Topliss-reactive ketones (excluding diaryl/α,β-unsaturated/α-hetero) is 1. The minimum absolute atomic E-state index is 0.167. The van der Waals surface area contributed by atoms with Crippen molar-refractivity contribution in [1.29, 1.82) is 0 Å². The standard InChI is InChI=1S/C12H17N2O/c1-14(8-4-5-9-14)10-12(15)11-6-2-3-7-13-11/h2-3,6-7H,4-5,8-10H2,1H3/q+1. The molecule has 0 aliphatic carbocycles. The molecule has 2 heterocycles. The summed E-state index contributed by atoms with van der Waals surface area (Å²) < 4.78 is 0.884. The maximum Gasteiger partial charge on any atom is 0.235 e. The van der Waals surface area contributed by atoms with Crippen molar-refractivity contribution in [3.8, 4) is 0 Å². The minimum atomic E-state index is 0.167. The number of hydrogen-bond donors (Lipinski definition) is 0. The molecule has 0 spiro atoms. The third-order valence-electron chi connectivity index (χ3n) is 3.12. The lowest BCUT2D eigenvalue weighted by Crippen LogP contribution is -2.45. The highest BCUT2D eigenvalue weighted by Crippen LogP contribution is 2.16. The zero-order valence-corrected chi connectivity index (χ0v) is 9.15. The molecule has 1 fully saturated rings. The number of quaternary nitrogens is 1. The van der Waals surface area contributed by atoms with Crippen molar-refractivity contribution in [2.45, 2.75) is 12.8 Å². The Morgan fingerprint density at radius 2 is 2.13 bits per heavy atom. The van der Waals surface area contributed by atoms with E-state index in [-0.39, 0.29) is 5.78 Å². The van der Waals surface area contributed by atoms with Crippen LogP contribution in [0.3, 0.4) is 0 Å². The predicted octanol–water partition coefficient (Wildman–Crippen LogP) is 1.50. The van der Waals surface area contributed by atoms with Gasteiger partial charge in [0.25, 0.3) is 0 Å². The number of likely N-dealkylation sites (tertiary alicyclic amines) is 1. The first-order valence-corrected chi connectivity index (χ1v) is 5.47. The number of hydrogen-bond acceptors (Lipinski definition) is 2. The Labute approximate surface area is 90.3 Å². The van der Waals surface area contributed by atoms with Gasteiger partial charge < -0.3 is 4.48 Å². The molecule has 0 aromatic carbocycles. The SMILES string of the molecule is C[N+]1(CC(=O)c2ccccn2)CCCC1. The minimum Gasteiger partial charge on any atom is -0.319 e. The highest BCUT2D eigenvalue weighted by Gasteiger charge is 2.30. The molecule has 0 N–H and O–H groups in total. The molecule has 1 aliphatic rings. The van der Waals surface area contributed by atoms with Crippen LogP contribution in [0.2, 0.25) is 0 Å². The van der Waals surface area contributed by atoms with Crippen LogP contribution in [0.1, 0.15) is 23.3 Å². The fraction of sp³-hybridized carbons (Fsp3) is 0.500. The molecule has 80 valence electrons. The Bertz CT molecular complexity index is 342. The van der Waals surface area contributed by atoms with Crippen molar-refractivity contribution >= 4 is 5.78 Å². The third kappa shape index (κ3) is 2.42. The lowest BCUT2D eigenvalue weighted by molar-refractivity contribution is -0.889. The Balaban J connectivity index is 2.04. The summed E-state index contributed by atoms with van der Waals surface area (Å²) in [5.41, 5.74) is 0.601. The number of carbonyl (C=O) groups is 1. The van der Waals surface area contributed by atoms with E-state index >= 15 is 0 Å². The van der Waals surface area contributed by atoms with Gasteiger partial charge in [0, 0.05) is 19.0 Å². The number of likely N-dealkylation sites (N-methyl/N-ethyl adjacent to an activating group) is 1. The van der Waals surface area contributed by atoms with E-state index < -0.39 is 0 Å². The van der Waals surface area contributed by atoms with E-state index in [0.29, 0.717) is 12.2 Å². The topological polar surface area (TPSA) is 30.0 Å². The predicted molar refractivity (Wildman–Crippen MR) is 58.6 cm³/mol. The van der Waals surface area contributed by atoms with E-state index in [4.69, 9.17) is 0 Å².